The molecule has 29 heavy (non-hydrogen) atoms. The van der Waals surface area contributed by atoms with Crippen LogP contribution in [0.4, 0.5) is 5.69 Å². The second-order valence-corrected chi connectivity index (χ2v) is 7.04. The van der Waals surface area contributed by atoms with E-state index in [0.29, 0.717) is 34.9 Å². The summed E-state index contributed by atoms with van der Waals surface area (Å²) in [6.07, 6.45) is 3.44. The minimum absolute atomic E-state index is 0.252. The van der Waals surface area contributed by atoms with Gasteiger partial charge in [0.05, 0.1) is 29.6 Å². The minimum Gasteiger partial charge on any atom is -0.490 e. The third-order valence-electron chi connectivity index (χ3n) is 4.23. The van der Waals surface area contributed by atoms with E-state index in [9.17, 15) is 9.59 Å². The zero-order chi connectivity index (χ0) is 21.0. The summed E-state index contributed by atoms with van der Waals surface area (Å²) in [7, 11) is 1.32. The summed E-state index contributed by atoms with van der Waals surface area (Å²) in [5.74, 6) is -0.0131. The van der Waals surface area contributed by atoms with Gasteiger partial charge in [-0.15, -0.1) is 0 Å². The highest BCUT2D eigenvalue weighted by molar-refractivity contribution is 9.10. The number of anilines is 1. The Morgan fingerprint density at radius 2 is 1.97 bits per heavy atom. The number of ether oxygens (including phenoxy) is 2. The standard InChI is InChI=1S/C22H19BrN2O4/c1-4-11-29-18-9-10-20(23)16(12-18)13-19-14(2)24-25(21(19)26)17-7-5-15(6-8-17)22(27)28-3/h4-10,12-13H,1,11H2,2-3H3/b19-13-. The van der Waals surface area contributed by atoms with Crippen molar-refractivity contribution in [1.29, 1.82) is 0 Å². The summed E-state index contributed by atoms with van der Waals surface area (Å²) < 4.78 is 11.1. The Hall–Kier alpha value is -3.19. The molecular weight excluding hydrogens is 436 g/mol. The average molecular weight is 455 g/mol. The largest absolute Gasteiger partial charge is 0.490 e. The number of benzene rings is 2. The van der Waals surface area contributed by atoms with E-state index in [-0.39, 0.29) is 5.91 Å². The Morgan fingerprint density at radius 1 is 1.24 bits per heavy atom. The Morgan fingerprint density at radius 3 is 2.62 bits per heavy atom. The van der Waals surface area contributed by atoms with Crippen molar-refractivity contribution in [2.24, 2.45) is 5.10 Å². The second-order valence-electron chi connectivity index (χ2n) is 6.18. The number of esters is 1. The molecule has 0 spiro atoms. The molecule has 0 unspecified atom stereocenters. The number of hydrazone groups is 1. The molecule has 0 fully saturated rings. The molecule has 0 aliphatic carbocycles. The topological polar surface area (TPSA) is 68.2 Å². The van der Waals surface area contributed by atoms with Crippen LogP contribution in [0.2, 0.25) is 0 Å². The van der Waals surface area contributed by atoms with Crippen LogP contribution in [0.5, 0.6) is 5.75 Å². The van der Waals surface area contributed by atoms with Crippen molar-refractivity contribution < 1.29 is 19.1 Å². The Labute approximate surface area is 177 Å². The molecule has 7 heteroatoms. The number of hydrogen-bond donors (Lipinski definition) is 0. The first-order valence-corrected chi connectivity index (χ1v) is 9.57. The fourth-order valence-corrected chi connectivity index (χ4v) is 3.11. The Balaban J connectivity index is 1.88. The van der Waals surface area contributed by atoms with Gasteiger partial charge in [0.2, 0.25) is 0 Å². The molecule has 0 saturated heterocycles. The quantitative estimate of drug-likeness (QED) is 0.363. The van der Waals surface area contributed by atoms with Crippen LogP contribution in [-0.2, 0) is 9.53 Å². The fourth-order valence-electron chi connectivity index (χ4n) is 2.75. The number of rotatable bonds is 6. The molecule has 6 nitrogen and oxygen atoms in total. The van der Waals surface area contributed by atoms with Gasteiger partial charge in [-0.05, 0) is 61.0 Å². The van der Waals surface area contributed by atoms with Gasteiger partial charge in [-0.1, -0.05) is 28.6 Å². The molecule has 2 aromatic rings. The maximum Gasteiger partial charge on any atom is 0.337 e. The number of nitrogens with zero attached hydrogens (tertiary/aromatic N) is 2. The zero-order valence-corrected chi connectivity index (χ0v) is 17.6. The van der Waals surface area contributed by atoms with Crippen LogP contribution < -0.4 is 9.75 Å². The van der Waals surface area contributed by atoms with Crippen molar-refractivity contribution >= 4 is 45.3 Å². The molecule has 2 aromatic carbocycles. The molecule has 0 bridgehead atoms. The maximum absolute atomic E-state index is 13.0. The molecule has 0 aromatic heterocycles. The first-order chi connectivity index (χ1) is 13.9. The highest BCUT2D eigenvalue weighted by Gasteiger charge is 2.29. The summed E-state index contributed by atoms with van der Waals surface area (Å²) in [6.45, 7) is 5.81. The molecular formula is C22H19BrN2O4. The lowest BCUT2D eigenvalue weighted by Gasteiger charge is -2.12. The minimum atomic E-state index is -0.437. The summed E-state index contributed by atoms with van der Waals surface area (Å²) in [5, 5.41) is 5.68. The van der Waals surface area contributed by atoms with E-state index in [0.717, 1.165) is 10.0 Å². The Kier molecular flexibility index (Phi) is 6.29. The normalized spacial score (nSPS) is 14.7. The third-order valence-corrected chi connectivity index (χ3v) is 4.95. The third kappa shape index (κ3) is 4.46. The summed E-state index contributed by atoms with van der Waals surface area (Å²) in [4.78, 5) is 24.5. The second kappa shape index (κ2) is 8.87. The van der Waals surface area contributed by atoms with Gasteiger partial charge in [0.15, 0.2) is 0 Å². The molecule has 1 aliphatic heterocycles. The highest BCUT2D eigenvalue weighted by atomic mass is 79.9. The van der Waals surface area contributed by atoms with E-state index >= 15 is 0 Å². The van der Waals surface area contributed by atoms with E-state index in [2.05, 4.69) is 27.6 Å². The van der Waals surface area contributed by atoms with Crippen LogP contribution >= 0.6 is 15.9 Å². The van der Waals surface area contributed by atoms with E-state index in [4.69, 9.17) is 9.47 Å². The van der Waals surface area contributed by atoms with Crippen LogP contribution in [0.25, 0.3) is 6.08 Å². The predicted molar refractivity (Wildman–Crippen MR) is 116 cm³/mol. The molecule has 0 atom stereocenters. The van der Waals surface area contributed by atoms with Crippen LogP contribution in [-0.4, -0.2) is 31.3 Å². The highest BCUT2D eigenvalue weighted by Crippen LogP contribution is 2.29. The smallest absolute Gasteiger partial charge is 0.337 e. The van der Waals surface area contributed by atoms with E-state index in [1.807, 2.05) is 18.2 Å². The number of carbonyl (C=O) groups is 2. The number of amides is 1. The molecule has 1 heterocycles. The van der Waals surface area contributed by atoms with Gasteiger partial charge in [-0.2, -0.15) is 10.1 Å². The van der Waals surface area contributed by atoms with E-state index < -0.39 is 5.97 Å². The lowest BCUT2D eigenvalue weighted by atomic mass is 10.1. The summed E-state index contributed by atoms with van der Waals surface area (Å²) in [6, 6.07) is 12.0. The van der Waals surface area contributed by atoms with Gasteiger partial charge in [0, 0.05) is 4.47 Å². The summed E-state index contributed by atoms with van der Waals surface area (Å²) >= 11 is 3.51. The van der Waals surface area contributed by atoms with Crippen molar-refractivity contribution in [1.82, 2.24) is 0 Å². The van der Waals surface area contributed by atoms with Crippen molar-refractivity contribution in [3.05, 3.63) is 76.3 Å². The molecule has 0 saturated carbocycles. The molecule has 0 N–H and O–H groups in total. The number of halogens is 1. The van der Waals surface area contributed by atoms with Crippen LogP contribution in [0.3, 0.4) is 0 Å². The van der Waals surface area contributed by atoms with Crippen LogP contribution in [0.1, 0.15) is 22.8 Å². The molecule has 3 rings (SSSR count). The van der Waals surface area contributed by atoms with Crippen molar-refractivity contribution in [3.8, 4) is 5.75 Å². The van der Waals surface area contributed by atoms with Crippen molar-refractivity contribution in [3.63, 3.8) is 0 Å². The Bertz CT molecular complexity index is 1030. The lowest BCUT2D eigenvalue weighted by molar-refractivity contribution is -0.114. The maximum atomic E-state index is 13.0. The number of carbonyl (C=O) groups excluding carboxylic acids is 2. The average Bonchev–Trinajstić information content (AvgIpc) is 3.02. The van der Waals surface area contributed by atoms with Crippen molar-refractivity contribution in [2.45, 2.75) is 6.92 Å². The fraction of sp³-hybridized carbons (Fsp3) is 0.136. The van der Waals surface area contributed by atoms with Crippen LogP contribution in [0, 0.1) is 0 Å². The van der Waals surface area contributed by atoms with E-state index in [1.54, 1.807) is 43.3 Å². The van der Waals surface area contributed by atoms with Gasteiger partial charge in [0.1, 0.15) is 12.4 Å². The number of hydrogen-bond acceptors (Lipinski definition) is 5. The monoisotopic (exact) mass is 454 g/mol. The molecule has 1 aliphatic rings. The van der Waals surface area contributed by atoms with Crippen molar-refractivity contribution in [2.75, 3.05) is 18.7 Å². The molecule has 0 radical (unpaired) electrons. The van der Waals surface area contributed by atoms with Gasteiger partial charge in [-0.3, -0.25) is 4.79 Å². The zero-order valence-electron chi connectivity index (χ0n) is 16.0. The van der Waals surface area contributed by atoms with E-state index in [1.165, 1.54) is 12.1 Å². The summed E-state index contributed by atoms with van der Waals surface area (Å²) in [5.41, 5.74) is 2.83. The predicted octanol–water partition coefficient (Wildman–Crippen LogP) is 4.61. The number of methoxy groups -OCH3 is 1. The molecule has 148 valence electrons. The molecule has 1 amide bonds. The van der Waals surface area contributed by atoms with Crippen LogP contribution in [0.15, 0.2) is 70.3 Å². The van der Waals surface area contributed by atoms with Gasteiger partial charge in [0.25, 0.3) is 5.91 Å². The SMILES string of the molecule is C=CCOc1ccc(Br)c(/C=C2\C(=O)N(c3ccc(C(=O)OC)cc3)N=C2C)c1. The van der Waals surface area contributed by atoms with Gasteiger partial charge < -0.3 is 9.47 Å². The first kappa shape index (κ1) is 20.5. The first-order valence-electron chi connectivity index (χ1n) is 8.78. The van der Waals surface area contributed by atoms with Gasteiger partial charge in [-0.25, -0.2) is 4.79 Å². The van der Waals surface area contributed by atoms with Gasteiger partial charge >= 0.3 is 5.97 Å². The lowest BCUT2D eigenvalue weighted by Crippen LogP contribution is -2.21.